The van der Waals surface area contributed by atoms with Gasteiger partial charge in [0.15, 0.2) is 0 Å². The highest BCUT2D eigenvalue weighted by Gasteiger charge is 1.99. The lowest BCUT2D eigenvalue weighted by Crippen LogP contribution is -2.09. The Labute approximate surface area is 79.7 Å². The Hall–Kier alpha value is -1.28. The van der Waals surface area contributed by atoms with E-state index in [0.29, 0.717) is 6.54 Å². The van der Waals surface area contributed by atoms with E-state index in [1.807, 2.05) is 26.2 Å². The van der Waals surface area contributed by atoms with Crippen molar-refractivity contribution in [3.05, 3.63) is 36.4 Å². The Kier molecular flexibility index (Phi) is 3.09. The molecular formula is C11H16N2. The summed E-state index contributed by atoms with van der Waals surface area (Å²) < 4.78 is 0. The predicted octanol–water partition coefficient (Wildman–Crippen LogP) is 1.72. The number of nitrogens with zero attached hydrogens (tertiary/aromatic N) is 1. The Bertz CT molecular complexity index is 303. The molecule has 0 aliphatic carbocycles. The smallest absolute Gasteiger partial charge is 0.0367 e. The maximum Gasteiger partial charge on any atom is 0.0367 e. The molecular weight excluding hydrogens is 160 g/mol. The second kappa shape index (κ2) is 4.10. The minimum Gasteiger partial charge on any atom is -0.378 e. The van der Waals surface area contributed by atoms with Gasteiger partial charge in [0, 0.05) is 26.3 Å². The van der Waals surface area contributed by atoms with Crippen molar-refractivity contribution in [3.8, 4) is 0 Å². The lowest BCUT2D eigenvalue weighted by molar-refractivity contribution is 1.13. The molecule has 0 atom stereocenters. The number of nitrogens with two attached hydrogens (primary N) is 1. The molecule has 0 amide bonds. The zero-order valence-electron chi connectivity index (χ0n) is 8.25. The monoisotopic (exact) mass is 176 g/mol. The molecule has 0 fully saturated rings. The van der Waals surface area contributed by atoms with Crippen molar-refractivity contribution in [2.75, 3.05) is 25.5 Å². The van der Waals surface area contributed by atoms with E-state index in [1.165, 1.54) is 5.69 Å². The molecule has 2 heteroatoms. The van der Waals surface area contributed by atoms with Gasteiger partial charge in [0.2, 0.25) is 0 Å². The van der Waals surface area contributed by atoms with E-state index < -0.39 is 0 Å². The molecule has 70 valence electrons. The summed E-state index contributed by atoms with van der Waals surface area (Å²) in [6.45, 7) is 4.41. The molecule has 1 aromatic carbocycles. The third-order valence-corrected chi connectivity index (χ3v) is 2.02. The standard InChI is InChI=1S/C11H16N2/c1-9(8-12)10-5-4-6-11(7-10)13(2)3/h4-7H,1,8,12H2,2-3H3. The maximum absolute atomic E-state index is 5.52. The Morgan fingerprint density at radius 1 is 1.46 bits per heavy atom. The molecule has 0 unspecified atom stereocenters. The van der Waals surface area contributed by atoms with Crippen LogP contribution in [0.3, 0.4) is 0 Å². The van der Waals surface area contributed by atoms with Crippen molar-refractivity contribution in [1.29, 1.82) is 0 Å². The highest BCUT2D eigenvalue weighted by Crippen LogP contribution is 2.18. The van der Waals surface area contributed by atoms with Gasteiger partial charge in [0.1, 0.15) is 0 Å². The van der Waals surface area contributed by atoms with Crippen molar-refractivity contribution in [2.24, 2.45) is 5.73 Å². The van der Waals surface area contributed by atoms with Gasteiger partial charge in [-0.3, -0.25) is 0 Å². The van der Waals surface area contributed by atoms with Crippen LogP contribution in [0.1, 0.15) is 5.56 Å². The number of anilines is 1. The minimum absolute atomic E-state index is 0.511. The molecule has 1 aromatic rings. The van der Waals surface area contributed by atoms with Crippen LogP contribution in [0.4, 0.5) is 5.69 Å². The zero-order valence-corrected chi connectivity index (χ0v) is 8.25. The molecule has 1 rings (SSSR count). The molecule has 0 spiro atoms. The molecule has 13 heavy (non-hydrogen) atoms. The van der Waals surface area contributed by atoms with E-state index in [1.54, 1.807) is 0 Å². The first kappa shape index (κ1) is 9.81. The quantitative estimate of drug-likeness (QED) is 0.760. The summed E-state index contributed by atoms with van der Waals surface area (Å²) in [5, 5.41) is 0. The van der Waals surface area contributed by atoms with Crippen LogP contribution in [0.5, 0.6) is 0 Å². The summed E-state index contributed by atoms with van der Waals surface area (Å²) in [5.74, 6) is 0. The fraction of sp³-hybridized carbons (Fsp3) is 0.273. The SMILES string of the molecule is C=C(CN)c1cccc(N(C)C)c1. The van der Waals surface area contributed by atoms with E-state index in [0.717, 1.165) is 11.1 Å². The van der Waals surface area contributed by atoms with Gasteiger partial charge in [0.05, 0.1) is 0 Å². The Morgan fingerprint density at radius 3 is 2.69 bits per heavy atom. The van der Waals surface area contributed by atoms with Crippen molar-refractivity contribution >= 4 is 11.3 Å². The molecule has 0 aliphatic rings. The van der Waals surface area contributed by atoms with Crippen LogP contribution in [0.25, 0.3) is 5.57 Å². The molecule has 2 N–H and O–H groups in total. The molecule has 0 radical (unpaired) electrons. The summed E-state index contributed by atoms with van der Waals surface area (Å²) in [6, 6.07) is 8.20. The van der Waals surface area contributed by atoms with Crippen LogP contribution in [0.2, 0.25) is 0 Å². The topological polar surface area (TPSA) is 29.3 Å². The Balaban J connectivity index is 2.98. The highest BCUT2D eigenvalue weighted by atomic mass is 15.1. The fourth-order valence-electron chi connectivity index (χ4n) is 1.12. The first-order chi connectivity index (χ1) is 6.15. The lowest BCUT2D eigenvalue weighted by atomic mass is 10.1. The van der Waals surface area contributed by atoms with Gasteiger partial charge in [-0.2, -0.15) is 0 Å². The van der Waals surface area contributed by atoms with Gasteiger partial charge in [-0.1, -0.05) is 18.7 Å². The summed E-state index contributed by atoms with van der Waals surface area (Å²) in [6.07, 6.45) is 0. The van der Waals surface area contributed by atoms with Crippen LogP contribution < -0.4 is 10.6 Å². The van der Waals surface area contributed by atoms with Crippen LogP contribution >= 0.6 is 0 Å². The van der Waals surface area contributed by atoms with E-state index in [-0.39, 0.29) is 0 Å². The van der Waals surface area contributed by atoms with Crippen molar-refractivity contribution in [1.82, 2.24) is 0 Å². The van der Waals surface area contributed by atoms with E-state index >= 15 is 0 Å². The number of benzene rings is 1. The number of hydrogen-bond donors (Lipinski definition) is 1. The van der Waals surface area contributed by atoms with Gasteiger partial charge in [-0.05, 0) is 23.3 Å². The predicted molar refractivity (Wildman–Crippen MR) is 58.9 cm³/mol. The molecule has 0 saturated heterocycles. The van der Waals surface area contributed by atoms with Gasteiger partial charge >= 0.3 is 0 Å². The third-order valence-electron chi connectivity index (χ3n) is 2.02. The minimum atomic E-state index is 0.511. The van der Waals surface area contributed by atoms with Crippen molar-refractivity contribution < 1.29 is 0 Å². The number of rotatable bonds is 3. The summed E-state index contributed by atoms with van der Waals surface area (Å²) in [5.41, 5.74) is 8.79. The van der Waals surface area contributed by atoms with E-state index in [9.17, 15) is 0 Å². The molecule has 2 nitrogen and oxygen atoms in total. The summed E-state index contributed by atoms with van der Waals surface area (Å²) >= 11 is 0. The average molecular weight is 176 g/mol. The van der Waals surface area contributed by atoms with Crippen LogP contribution in [-0.4, -0.2) is 20.6 Å². The second-order valence-electron chi connectivity index (χ2n) is 3.25. The third kappa shape index (κ3) is 2.33. The molecule has 0 bridgehead atoms. The van der Waals surface area contributed by atoms with Crippen molar-refractivity contribution in [3.63, 3.8) is 0 Å². The van der Waals surface area contributed by atoms with Crippen molar-refractivity contribution in [2.45, 2.75) is 0 Å². The summed E-state index contributed by atoms with van der Waals surface area (Å²) in [4.78, 5) is 2.06. The lowest BCUT2D eigenvalue weighted by Gasteiger charge is -2.13. The van der Waals surface area contributed by atoms with Gasteiger partial charge in [-0.25, -0.2) is 0 Å². The fourth-order valence-corrected chi connectivity index (χ4v) is 1.12. The van der Waals surface area contributed by atoms with E-state index in [4.69, 9.17) is 5.73 Å². The normalized spacial score (nSPS) is 9.77. The number of hydrogen-bond acceptors (Lipinski definition) is 2. The van der Waals surface area contributed by atoms with E-state index in [2.05, 4.69) is 23.6 Å². The molecule has 0 saturated carbocycles. The zero-order chi connectivity index (χ0) is 9.84. The van der Waals surface area contributed by atoms with Crippen LogP contribution in [0.15, 0.2) is 30.8 Å². The second-order valence-corrected chi connectivity index (χ2v) is 3.25. The van der Waals surface area contributed by atoms with Crippen LogP contribution in [-0.2, 0) is 0 Å². The Morgan fingerprint density at radius 2 is 2.15 bits per heavy atom. The molecule has 0 heterocycles. The van der Waals surface area contributed by atoms with Crippen LogP contribution in [0, 0.1) is 0 Å². The maximum atomic E-state index is 5.52. The first-order valence-corrected chi connectivity index (χ1v) is 4.30. The first-order valence-electron chi connectivity index (χ1n) is 4.30. The highest BCUT2D eigenvalue weighted by molar-refractivity contribution is 5.68. The van der Waals surface area contributed by atoms with Gasteiger partial charge in [0.25, 0.3) is 0 Å². The summed E-state index contributed by atoms with van der Waals surface area (Å²) in [7, 11) is 4.04. The largest absolute Gasteiger partial charge is 0.378 e. The molecule has 0 aliphatic heterocycles. The molecule has 0 aromatic heterocycles. The van der Waals surface area contributed by atoms with Gasteiger partial charge < -0.3 is 10.6 Å². The average Bonchev–Trinajstić information content (AvgIpc) is 2.17. The van der Waals surface area contributed by atoms with Gasteiger partial charge in [-0.15, -0.1) is 0 Å².